The quantitative estimate of drug-likeness (QED) is 0.747. The van der Waals surface area contributed by atoms with Gasteiger partial charge in [-0.2, -0.15) is 0 Å². The first-order valence-electron chi connectivity index (χ1n) is 8.51. The number of ether oxygens (including phenoxy) is 1. The highest BCUT2D eigenvalue weighted by atomic mass is 31.0. The van der Waals surface area contributed by atoms with Gasteiger partial charge in [-0.3, -0.25) is 0 Å². The Morgan fingerprint density at radius 3 is 2.23 bits per heavy atom. The molecule has 0 saturated heterocycles. The van der Waals surface area contributed by atoms with E-state index >= 15 is 0 Å². The molecule has 1 aromatic carbocycles. The first kappa shape index (κ1) is 19.3. The van der Waals surface area contributed by atoms with Gasteiger partial charge in [-0.25, -0.2) is 0 Å². The zero-order chi connectivity index (χ0) is 16.9. The predicted octanol–water partition coefficient (Wildman–Crippen LogP) is 5.47. The van der Waals surface area contributed by atoms with E-state index in [1.54, 1.807) is 0 Å². The second kappa shape index (κ2) is 8.20. The van der Waals surface area contributed by atoms with Crippen molar-refractivity contribution < 1.29 is 9.84 Å². The molecular formula is C19H33O2P. The van der Waals surface area contributed by atoms with Gasteiger partial charge in [0.25, 0.3) is 0 Å². The minimum absolute atomic E-state index is 0.0480. The molecule has 1 heterocycles. The van der Waals surface area contributed by atoms with Crippen LogP contribution in [-0.2, 0) is 6.42 Å². The van der Waals surface area contributed by atoms with Gasteiger partial charge in [0.2, 0.25) is 0 Å². The Hall–Kier alpha value is -0.750. The van der Waals surface area contributed by atoms with E-state index < -0.39 is 0 Å². The fourth-order valence-electron chi connectivity index (χ4n) is 2.75. The number of aromatic hydroxyl groups is 1. The molecule has 0 aromatic heterocycles. The molecule has 0 radical (unpaired) electrons. The second-order valence-electron chi connectivity index (χ2n) is 6.58. The molecule has 0 spiro atoms. The van der Waals surface area contributed by atoms with Crippen LogP contribution in [0.25, 0.3) is 0 Å². The molecule has 1 aromatic rings. The Labute approximate surface area is 138 Å². The molecule has 2 nitrogen and oxygen atoms in total. The van der Waals surface area contributed by atoms with Crippen LogP contribution in [0.3, 0.4) is 0 Å². The highest BCUT2D eigenvalue weighted by molar-refractivity contribution is 7.16. The number of benzene rings is 1. The number of fused-ring (bicyclic) bond motifs is 1. The monoisotopic (exact) mass is 324 g/mol. The SMILES string of the molecule is CCC1(C)CCc2c(C)c(O)c(C)c(C)c2O1.CCCCP. The van der Waals surface area contributed by atoms with Gasteiger partial charge >= 0.3 is 0 Å². The third-order valence-corrected chi connectivity index (χ3v) is 5.31. The van der Waals surface area contributed by atoms with Gasteiger partial charge in [0, 0.05) is 5.56 Å². The van der Waals surface area contributed by atoms with Gasteiger partial charge < -0.3 is 9.84 Å². The summed E-state index contributed by atoms with van der Waals surface area (Å²) < 4.78 is 6.20. The van der Waals surface area contributed by atoms with Crippen LogP contribution in [0.1, 0.15) is 68.7 Å². The highest BCUT2D eigenvalue weighted by Gasteiger charge is 2.32. The topological polar surface area (TPSA) is 29.5 Å². The number of hydrogen-bond donors (Lipinski definition) is 1. The van der Waals surface area contributed by atoms with Crippen LogP contribution < -0.4 is 4.74 Å². The van der Waals surface area contributed by atoms with Gasteiger partial charge in [0.1, 0.15) is 17.1 Å². The van der Waals surface area contributed by atoms with Crippen molar-refractivity contribution in [1.82, 2.24) is 0 Å². The standard InChI is InChI=1S/C15H22O2.C4H11P/c1-6-15(5)8-7-12-11(4)13(16)9(2)10(3)14(12)17-15;1-2-3-4-5/h16H,6-8H2,1-5H3;2-5H2,1H3. The average Bonchev–Trinajstić information content (AvgIpc) is 2.52. The minimum atomic E-state index is -0.0480. The fraction of sp³-hybridized carbons (Fsp3) is 0.684. The van der Waals surface area contributed by atoms with E-state index in [-0.39, 0.29) is 5.60 Å². The van der Waals surface area contributed by atoms with E-state index in [2.05, 4.69) is 30.0 Å². The van der Waals surface area contributed by atoms with E-state index in [1.807, 2.05) is 20.8 Å². The normalized spacial score (nSPS) is 19.8. The van der Waals surface area contributed by atoms with Crippen LogP contribution in [0, 0.1) is 20.8 Å². The summed E-state index contributed by atoms with van der Waals surface area (Å²) in [6, 6.07) is 0. The summed E-state index contributed by atoms with van der Waals surface area (Å²) in [5.41, 5.74) is 4.16. The lowest BCUT2D eigenvalue weighted by molar-refractivity contribution is 0.0598. The van der Waals surface area contributed by atoms with Crippen LogP contribution in [-0.4, -0.2) is 16.9 Å². The maximum absolute atomic E-state index is 10.1. The molecule has 0 bridgehead atoms. The van der Waals surface area contributed by atoms with Gasteiger partial charge in [-0.05, 0) is 69.8 Å². The number of unbranched alkanes of at least 4 members (excludes halogenated alkanes) is 1. The zero-order valence-corrected chi connectivity index (χ0v) is 16.3. The summed E-state index contributed by atoms with van der Waals surface area (Å²) >= 11 is 0. The van der Waals surface area contributed by atoms with Crippen molar-refractivity contribution in [2.24, 2.45) is 0 Å². The molecule has 0 saturated carbocycles. The number of rotatable bonds is 3. The van der Waals surface area contributed by atoms with Crippen molar-refractivity contribution >= 4 is 9.24 Å². The molecule has 1 aliphatic rings. The van der Waals surface area contributed by atoms with Gasteiger partial charge in [0.05, 0.1) is 0 Å². The smallest absolute Gasteiger partial charge is 0.127 e. The fourth-order valence-corrected chi connectivity index (χ4v) is 3.16. The Morgan fingerprint density at radius 1 is 1.14 bits per heavy atom. The number of phenols is 1. The molecule has 2 atom stereocenters. The van der Waals surface area contributed by atoms with Crippen molar-refractivity contribution in [1.29, 1.82) is 0 Å². The van der Waals surface area contributed by atoms with Crippen LogP contribution in [0.2, 0.25) is 0 Å². The van der Waals surface area contributed by atoms with Crippen molar-refractivity contribution in [3.8, 4) is 11.5 Å². The van der Waals surface area contributed by atoms with Crippen LogP contribution in [0.4, 0.5) is 0 Å². The Balaban J connectivity index is 0.000000422. The summed E-state index contributed by atoms with van der Waals surface area (Å²) in [4.78, 5) is 0. The maximum atomic E-state index is 10.1. The molecule has 0 amide bonds. The van der Waals surface area contributed by atoms with E-state index in [9.17, 15) is 5.11 Å². The van der Waals surface area contributed by atoms with Gasteiger partial charge in [0.15, 0.2) is 0 Å². The largest absolute Gasteiger partial charge is 0.507 e. The molecule has 2 rings (SSSR count). The molecule has 0 fully saturated rings. The molecule has 0 aliphatic carbocycles. The van der Waals surface area contributed by atoms with E-state index in [4.69, 9.17) is 4.74 Å². The molecule has 3 heteroatoms. The zero-order valence-electron chi connectivity index (χ0n) is 15.2. The van der Waals surface area contributed by atoms with Crippen molar-refractivity contribution in [3.63, 3.8) is 0 Å². The Morgan fingerprint density at radius 2 is 1.77 bits per heavy atom. The van der Waals surface area contributed by atoms with Crippen molar-refractivity contribution in [2.45, 2.75) is 79.2 Å². The lowest BCUT2D eigenvalue weighted by Crippen LogP contribution is -2.36. The third-order valence-electron chi connectivity index (χ3n) is 4.90. The number of phenolic OH excluding ortho intramolecular Hbond substituents is 1. The van der Waals surface area contributed by atoms with Crippen LogP contribution in [0.5, 0.6) is 11.5 Å². The molecule has 126 valence electrons. The van der Waals surface area contributed by atoms with E-state index in [1.165, 1.54) is 24.6 Å². The third kappa shape index (κ3) is 4.16. The molecule has 22 heavy (non-hydrogen) atoms. The van der Waals surface area contributed by atoms with Crippen molar-refractivity contribution in [2.75, 3.05) is 6.16 Å². The number of hydrogen-bond acceptors (Lipinski definition) is 2. The first-order chi connectivity index (χ1) is 10.3. The van der Waals surface area contributed by atoms with E-state index in [0.29, 0.717) is 5.75 Å². The lowest BCUT2D eigenvalue weighted by Gasteiger charge is -2.37. The second-order valence-corrected chi connectivity index (χ2v) is 7.16. The Kier molecular flexibility index (Phi) is 7.19. The predicted molar refractivity (Wildman–Crippen MR) is 99.4 cm³/mol. The van der Waals surface area contributed by atoms with Crippen LogP contribution in [0.15, 0.2) is 0 Å². The summed E-state index contributed by atoms with van der Waals surface area (Å²) in [7, 11) is 2.70. The highest BCUT2D eigenvalue weighted by Crippen LogP contribution is 2.43. The Bertz CT molecular complexity index is 509. The minimum Gasteiger partial charge on any atom is -0.507 e. The summed E-state index contributed by atoms with van der Waals surface area (Å²) in [6.07, 6.45) is 6.98. The molecular weight excluding hydrogens is 291 g/mol. The first-order valence-corrected chi connectivity index (χ1v) is 9.33. The lowest BCUT2D eigenvalue weighted by atomic mass is 9.86. The summed E-state index contributed by atoms with van der Waals surface area (Å²) in [6.45, 7) is 12.5. The maximum Gasteiger partial charge on any atom is 0.127 e. The summed E-state index contributed by atoms with van der Waals surface area (Å²) in [5.74, 6) is 1.44. The van der Waals surface area contributed by atoms with Gasteiger partial charge in [-0.15, -0.1) is 9.24 Å². The van der Waals surface area contributed by atoms with Crippen LogP contribution >= 0.6 is 9.24 Å². The van der Waals surface area contributed by atoms with Gasteiger partial charge in [-0.1, -0.05) is 26.7 Å². The molecule has 1 N–H and O–H groups in total. The van der Waals surface area contributed by atoms with E-state index in [0.717, 1.165) is 41.7 Å². The summed E-state index contributed by atoms with van der Waals surface area (Å²) in [5, 5.41) is 10.1. The average molecular weight is 324 g/mol. The molecule has 1 aliphatic heterocycles. The van der Waals surface area contributed by atoms with Crippen molar-refractivity contribution in [3.05, 3.63) is 22.3 Å². The molecule has 2 unspecified atom stereocenters.